The van der Waals surface area contributed by atoms with E-state index in [2.05, 4.69) is 22.8 Å². The Morgan fingerprint density at radius 2 is 1.93 bits per heavy atom. The SMILES string of the molecule is CN(C)c1ccc(OC(F)F)c(CNC2CCCNC2c2ccccc2)c1.Cl. The highest BCUT2D eigenvalue weighted by Gasteiger charge is 2.26. The van der Waals surface area contributed by atoms with E-state index in [9.17, 15) is 8.78 Å². The summed E-state index contributed by atoms with van der Waals surface area (Å²) < 4.78 is 30.3. The minimum absolute atomic E-state index is 0. The van der Waals surface area contributed by atoms with Crippen LogP contribution in [0.4, 0.5) is 14.5 Å². The third kappa shape index (κ3) is 5.80. The second kappa shape index (κ2) is 10.6. The van der Waals surface area contributed by atoms with Crippen LogP contribution >= 0.6 is 12.4 Å². The number of nitrogens with one attached hydrogen (secondary N) is 2. The van der Waals surface area contributed by atoms with E-state index in [1.807, 2.05) is 43.3 Å². The first-order chi connectivity index (χ1) is 13.0. The van der Waals surface area contributed by atoms with Gasteiger partial charge in [-0.15, -0.1) is 12.4 Å². The van der Waals surface area contributed by atoms with Crippen LogP contribution in [0.5, 0.6) is 5.75 Å². The molecule has 0 spiro atoms. The summed E-state index contributed by atoms with van der Waals surface area (Å²) in [6.45, 7) is -1.38. The molecule has 2 aromatic carbocycles. The van der Waals surface area contributed by atoms with Crippen LogP contribution in [-0.2, 0) is 6.54 Å². The number of nitrogens with zero attached hydrogens (tertiary/aromatic N) is 1. The molecule has 0 aliphatic carbocycles. The Bertz CT molecular complexity index is 731. The Morgan fingerprint density at radius 3 is 2.61 bits per heavy atom. The molecule has 1 heterocycles. The van der Waals surface area contributed by atoms with Gasteiger partial charge in [-0.3, -0.25) is 0 Å². The Kier molecular flexibility index (Phi) is 8.48. The second-order valence-corrected chi connectivity index (χ2v) is 7.04. The summed E-state index contributed by atoms with van der Waals surface area (Å²) in [7, 11) is 3.85. The van der Waals surface area contributed by atoms with Crippen LogP contribution in [-0.4, -0.2) is 33.3 Å². The fourth-order valence-electron chi connectivity index (χ4n) is 3.55. The van der Waals surface area contributed by atoms with Gasteiger partial charge in [-0.1, -0.05) is 30.3 Å². The topological polar surface area (TPSA) is 36.5 Å². The summed E-state index contributed by atoms with van der Waals surface area (Å²) >= 11 is 0. The summed E-state index contributed by atoms with van der Waals surface area (Å²) in [6.07, 6.45) is 2.12. The highest BCUT2D eigenvalue weighted by atomic mass is 35.5. The molecule has 0 bridgehead atoms. The van der Waals surface area contributed by atoms with Crippen LogP contribution in [0.15, 0.2) is 48.5 Å². The third-order valence-corrected chi connectivity index (χ3v) is 4.95. The molecule has 1 aliphatic rings. The lowest BCUT2D eigenvalue weighted by atomic mass is 9.92. The Labute approximate surface area is 171 Å². The third-order valence-electron chi connectivity index (χ3n) is 4.95. The van der Waals surface area contributed by atoms with Crippen LogP contribution < -0.4 is 20.3 Å². The van der Waals surface area contributed by atoms with Gasteiger partial charge >= 0.3 is 6.61 Å². The summed E-state index contributed by atoms with van der Waals surface area (Å²) in [5, 5.41) is 7.14. The van der Waals surface area contributed by atoms with E-state index in [4.69, 9.17) is 4.74 Å². The summed E-state index contributed by atoms with van der Waals surface area (Å²) in [5.41, 5.74) is 2.93. The van der Waals surface area contributed by atoms with Gasteiger partial charge in [-0.05, 0) is 43.1 Å². The molecule has 0 amide bonds. The van der Waals surface area contributed by atoms with Gasteiger partial charge in [-0.25, -0.2) is 0 Å². The lowest BCUT2D eigenvalue weighted by Crippen LogP contribution is -2.45. The van der Waals surface area contributed by atoms with Gasteiger partial charge in [0, 0.05) is 44.0 Å². The predicted molar refractivity (Wildman–Crippen MR) is 112 cm³/mol. The molecule has 3 rings (SSSR count). The number of rotatable bonds is 7. The molecular weight excluding hydrogens is 384 g/mol. The second-order valence-electron chi connectivity index (χ2n) is 7.04. The van der Waals surface area contributed by atoms with Gasteiger partial charge in [0.05, 0.1) is 0 Å². The van der Waals surface area contributed by atoms with Crippen molar-refractivity contribution in [2.75, 3.05) is 25.5 Å². The van der Waals surface area contributed by atoms with E-state index in [0.717, 1.165) is 30.6 Å². The van der Waals surface area contributed by atoms with Crippen molar-refractivity contribution in [2.45, 2.75) is 38.1 Å². The van der Waals surface area contributed by atoms with Gasteiger partial charge in [0.25, 0.3) is 0 Å². The maximum atomic E-state index is 12.8. The van der Waals surface area contributed by atoms with Crippen LogP contribution in [0.1, 0.15) is 30.0 Å². The van der Waals surface area contributed by atoms with Crippen LogP contribution in [0.2, 0.25) is 0 Å². The molecule has 1 saturated heterocycles. The zero-order chi connectivity index (χ0) is 19.2. The lowest BCUT2D eigenvalue weighted by Gasteiger charge is -2.34. The molecular formula is C21H28ClF2N3O. The molecule has 2 atom stereocenters. The van der Waals surface area contributed by atoms with Crippen molar-refractivity contribution in [1.82, 2.24) is 10.6 Å². The number of hydrogen-bond acceptors (Lipinski definition) is 4. The number of hydrogen-bond donors (Lipinski definition) is 2. The predicted octanol–water partition coefficient (Wildman–Crippen LogP) is 4.36. The van der Waals surface area contributed by atoms with Gasteiger partial charge in [0.15, 0.2) is 0 Å². The summed E-state index contributed by atoms with van der Waals surface area (Å²) in [4.78, 5) is 1.95. The molecule has 2 aromatic rings. The first-order valence-electron chi connectivity index (χ1n) is 9.31. The van der Waals surface area contributed by atoms with Crippen molar-refractivity contribution in [3.63, 3.8) is 0 Å². The number of halogens is 3. The average molecular weight is 412 g/mol. The smallest absolute Gasteiger partial charge is 0.387 e. The quantitative estimate of drug-likeness (QED) is 0.709. The van der Waals surface area contributed by atoms with Crippen LogP contribution in [0.25, 0.3) is 0 Å². The molecule has 0 aromatic heterocycles. The fourth-order valence-corrected chi connectivity index (χ4v) is 3.55. The van der Waals surface area contributed by atoms with Gasteiger partial charge in [0.2, 0.25) is 0 Å². The normalized spacial score (nSPS) is 19.2. The van der Waals surface area contributed by atoms with Gasteiger partial charge < -0.3 is 20.3 Å². The number of ether oxygens (including phenoxy) is 1. The van der Waals surface area contributed by atoms with E-state index in [-0.39, 0.29) is 30.2 Å². The van der Waals surface area contributed by atoms with Crippen molar-refractivity contribution in [1.29, 1.82) is 0 Å². The van der Waals surface area contributed by atoms with Gasteiger partial charge in [0.1, 0.15) is 5.75 Å². The van der Waals surface area contributed by atoms with Crippen molar-refractivity contribution < 1.29 is 13.5 Å². The fraction of sp³-hybridized carbons (Fsp3) is 0.429. The molecule has 7 heteroatoms. The largest absolute Gasteiger partial charge is 0.434 e. The van der Waals surface area contributed by atoms with Crippen molar-refractivity contribution in [3.05, 3.63) is 59.7 Å². The highest BCUT2D eigenvalue weighted by molar-refractivity contribution is 5.85. The molecule has 0 saturated carbocycles. The van der Waals surface area contributed by atoms with E-state index in [0.29, 0.717) is 6.54 Å². The molecule has 28 heavy (non-hydrogen) atoms. The first-order valence-corrected chi connectivity index (χ1v) is 9.31. The monoisotopic (exact) mass is 411 g/mol. The minimum Gasteiger partial charge on any atom is -0.434 e. The molecule has 154 valence electrons. The maximum Gasteiger partial charge on any atom is 0.387 e. The summed E-state index contributed by atoms with van der Waals surface area (Å²) in [6, 6.07) is 16.1. The van der Waals surface area contributed by atoms with Crippen LogP contribution in [0, 0.1) is 0 Å². The molecule has 2 N–H and O–H groups in total. The molecule has 2 unspecified atom stereocenters. The zero-order valence-corrected chi connectivity index (χ0v) is 17.0. The Balaban J connectivity index is 0.00000280. The number of anilines is 1. The first kappa shape index (κ1) is 22.4. The van der Waals surface area contributed by atoms with E-state index >= 15 is 0 Å². The highest BCUT2D eigenvalue weighted by Crippen LogP contribution is 2.28. The Hall–Kier alpha value is -1.89. The number of piperidine rings is 1. The molecule has 1 fully saturated rings. The Morgan fingerprint density at radius 1 is 1.18 bits per heavy atom. The standard InChI is InChI=1S/C21H27F2N3O.ClH/c1-26(2)17-10-11-19(27-21(22)23)16(13-17)14-25-18-9-6-12-24-20(18)15-7-4-3-5-8-15;/h3-5,7-8,10-11,13,18,20-21,24-25H,6,9,12,14H2,1-2H3;1H. The average Bonchev–Trinajstić information content (AvgIpc) is 2.67. The van der Waals surface area contributed by atoms with Crippen molar-refractivity contribution in [2.24, 2.45) is 0 Å². The molecule has 1 aliphatic heterocycles. The van der Waals surface area contributed by atoms with Crippen molar-refractivity contribution in [3.8, 4) is 5.75 Å². The van der Waals surface area contributed by atoms with Crippen molar-refractivity contribution >= 4 is 18.1 Å². The minimum atomic E-state index is -2.83. The number of alkyl halides is 2. The molecule has 4 nitrogen and oxygen atoms in total. The molecule has 0 radical (unpaired) electrons. The van der Waals surface area contributed by atoms with Crippen LogP contribution in [0.3, 0.4) is 0 Å². The number of benzene rings is 2. The van der Waals surface area contributed by atoms with Gasteiger partial charge in [-0.2, -0.15) is 8.78 Å². The zero-order valence-electron chi connectivity index (χ0n) is 16.2. The van der Waals surface area contributed by atoms with E-state index in [1.54, 1.807) is 12.1 Å². The maximum absolute atomic E-state index is 12.8. The summed E-state index contributed by atoms with van der Waals surface area (Å²) in [5.74, 6) is 0.225. The van der Waals surface area contributed by atoms with E-state index < -0.39 is 6.61 Å². The van der Waals surface area contributed by atoms with E-state index in [1.165, 1.54) is 5.56 Å². The lowest BCUT2D eigenvalue weighted by molar-refractivity contribution is -0.0505.